The van der Waals surface area contributed by atoms with Crippen LogP contribution in [-0.4, -0.2) is 10.8 Å². The molecule has 2 aromatic carbocycles. The topological polar surface area (TPSA) is 85.4 Å². The number of hydrogen-bond acceptors (Lipinski definition) is 4. The van der Waals surface area contributed by atoms with E-state index in [0.717, 1.165) is 0 Å². The van der Waals surface area contributed by atoms with Crippen molar-refractivity contribution in [2.24, 2.45) is 0 Å². The number of anilines is 1. The molecule has 8 heteroatoms. The molecule has 126 valence electrons. The molecule has 1 heterocycles. The van der Waals surface area contributed by atoms with Crippen molar-refractivity contribution in [1.82, 2.24) is 0 Å². The second kappa shape index (κ2) is 6.96. The molecule has 0 atom stereocenters. The number of nitro groups is 1. The van der Waals surface area contributed by atoms with E-state index in [1.165, 1.54) is 24.3 Å². The fourth-order valence-electron chi connectivity index (χ4n) is 2.22. The summed E-state index contributed by atoms with van der Waals surface area (Å²) in [6, 6.07) is 13.9. The van der Waals surface area contributed by atoms with Crippen LogP contribution in [0.3, 0.4) is 0 Å². The van der Waals surface area contributed by atoms with E-state index in [0.29, 0.717) is 21.4 Å². The number of carbonyl (C=O) groups excluding carboxylic acids is 1. The van der Waals surface area contributed by atoms with Gasteiger partial charge < -0.3 is 9.73 Å². The van der Waals surface area contributed by atoms with Gasteiger partial charge in [0, 0.05) is 11.6 Å². The van der Waals surface area contributed by atoms with Gasteiger partial charge in [0.2, 0.25) is 0 Å². The molecular weight excluding hydrogens is 367 g/mol. The lowest BCUT2D eigenvalue weighted by Crippen LogP contribution is -2.12. The van der Waals surface area contributed by atoms with E-state index in [2.05, 4.69) is 5.32 Å². The maximum atomic E-state index is 12.3. The van der Waals surface area contributed by atoms with E-state index >= 15 is 0 Å². The molecule has 0 aliphatic rings. The summed E-state index contributed by atoms with van der Waals surface area (Å²) in [7, 11) is 0. The van der Waals surface area contributed by atoms with Crippen LogP contribution in [0.4, 0.5) is 11.4 Å². The minimum absolute atomic E-state index is 0.0100. The van der Waals surface area contributed by atoms with Crippen LogP contribution >= 0.6 is 23.2 Å². The molecule has 1 N–H and O–H groups in total. The van der Waals surface area contributed by atoms with Crippen molar-refractivity contribution in [1.29, 1.82) is 0 Å². The third-order valence-corrected chi connectivity index (χ3v) is 4.21. The fraction of sp³-hybridized carbons (Fsp3) is 0. The van der Waals surface area contributed by atoms with Crippen molar-refractivity contribution in [3.8, 4) is 11.3 Å². The zero-order valence-electron chi connectivity index (χ0n) is 12.5. The van der Waals surface area contributed by atoms with Crippen LogP contribution in [0.2, 0.25) is 10.0 Å². The summed E-state index contributed by atoms with van der Waals surface area (Å²) < 4.78 is 5.51. The Balaban J connectivity index is 1.87. The molecule has 0 fully saturated rings. The van der Waals surface area contributed by atoms with Crippen molar-refractivity contribution in [2.45, 2.75) is 0 Å². The molecule has 1 amide bonds. The minimum atomic E-state index is -0.612. The molecule has 1 aromatic heterocycles. The Labute approximate surface area is 152 Å². The Kier molecular flexibility index (Phi) is 4.74. The number of nitrogens with one attached hydrogen (secondary N) is 1. The average Bonchev–Trinajstić information content (AvgIpc) is 3.07. The highest BCUT2D eigenvalue weighted by Crippen LogP contribution is 2.34. The number of furan rings is 1. The van der Waals surface area contributed by atoms with E-state index in [-0.39, 0.29) is 17.1 Å². The van der Waals surface area contributed by atoms with E-state index in [9.17, 15) is 14.9 Å². The van der Waals surface area contributed by atoms with Gasteiger partial charge in [-0.3, -0.25) is 14.9 Å². The van der Waals surface area contributed by atoms with Gasteiger partial charge >= 0.3 is 0 Å². The minimum Gasteiger partial charge on any atom is -0.451 e. The molecule has 3 rings (SSSR count). The van der Waals surface area contributed by atoms with Gasteiger partial charge in [0.15, 0.2) is 5.76 Å². The number of carbonyl (C=O) groups is 1. The van der Waals surface area contributed by atoms with Gasteiger partial charge in [-0.2, -0.15) is 0 Å². The number of para-hydroxylation sites is 2. The van der Waals surface area contributed by atoms with Crippen LogP contribution < -0.4 is 5.32 Å². The molecule has 0 radical (unpaired) electrons. The summed E-state index contributed by atoms with van der Waals surface area (Å²) in [5.74, 6) is -0.261. The van der Waals surface area contributed by atoms with Crippen LogP contribution in [0.1, 0.15) is 10.6 Å². The summed E-state index contributed by atoms with van der Waals surface area (Å²) in [6.07, 6.45) is 0. The summed E-state index contributed by atoms with van der Waals surface area (Å²) in [5, 5.41) is 14.1. The predicted molar refractivity (Wildman–Crippen MR) is 95.2 cm³/mol. The van der Waals surface area contributed by atoms with Crippen molar-refractivity contribution in [2.75, 3.05) is 5.32 Å². The molecule has 0 saturated heterocycles. The smallest absolute Gasteiger partial charge is 0.292 e. The fourth-order valence-corrected chi connectivity index (χ4v) is 2.61. The zero-order chi connectivity index (χ0) is 18.0. The first-order chi connectivity index (χ1) is 12.0. The SMILES string of the molecule is O=C(Nc1ccccc1[N+](=O)[O-])c1ccc(-c2cccc(Cl)c2Cl)o1. The Bertz CT molecular complexity index is 969. The largest absolute Gasteiger partial charge is 0.451 e. The molecule has 0 aliphatic heterocycles. The number of rotatable bonds is 4. The molecule has 0 saturated carbocycles. The van der Waals surface area contributed by atoms with Gasteiger partial charge in [0.05, 0.1) is 15.0 Å². The normalized spacial score (nSPS) is 10.5. The summed E-state index contributed by atoms with van der Waals surface area (Å²) in [5.41, 5.74) is 0.413. The molecule has 0 spiro atoms. The number of amides is 1. The van der Waals surface area contributed by atoms with E-state index < -0.39 is 10.8 Å². The average molecular weight is 377 g/mol. The molecule has 25 heavy (non-hydrogen) atoms. The van der Waals surface area contributed by atoms with Gasteiger partial charge in [-0.05, 0) is 30.3 Å². The lowest BCUT2D eigenvalue weighted by Gasteiger charge is -2.04. The van der Waals surface area contributed by atoms with Gasteiger partial charge in [-0.1, -0.05) is 41.4 Å². The van der Waals surface area contributed by atoms with Crippen LogP contribution in [0.5, 0.6) is 0 Å². The molecule has 6 nitrogen and oxygen atoms in total. The Morgan fingerprint density at radius 2 is 1.80 bits per heavy atom. The summed E-state index contributed by atoms with van der Waals surface area (Å²) in [4.78, 5) is 22.7. The summed E-state index contributed by atoms with van der Waals surface area (Å²) >= 11 is 12.1. The second-order valence-electron chi connectivity index (χ2n) is 4.99. The highest BCUT2D eigenvalue weighted by molar-refractivity contribution is 6.43. The Morgan fingerprint density at radius 3 is 2.56 bits per heavy atom. The van der Waals surface area contributed by atoms with E-state index in [1.807, 2.05) is 0 Å². The quantitative estimate of drug-likeness (QED) is 0.486. The third-order valence-electron chi connectivity index (χ3n) is 3.40. The maximum absolute atomic E-state index is 12.3. The van der Waals surface area contributed by atoms with E-state index in [4.69, 9.17) is 27.6 Å². The predicted octanol–water partition coefficient (Wildman–Crippen LogP) is 5.41. The molecule has 0 aliphatic carbocycles. The van der Waals surface area contributed by atoms with Crippen LogP contribution in [0.15, 0.2) is 59.0 Å². The number of halogens is 2. The van der Waals surface area contributed by atoms with E-state index in [1.54, 1.807) is 30.3 Å². The lowest BCUT2D eigenvalue weighted by atomic mass is 10.2. The number of hydrogen-bond donors (Lipinski definition) is 1. The van der Waals surface area contributed by atoms with Crippen molar-refractivity contribution in [3.05, 3.63) is 80.5 Å². The standard InChI is InChI=1S/C17H10Cl2N2O4/c18-11-5-3-4-10(16(11)19)14-8-9-15(25-14)17(22)20-12-6-1-2-7-13(12)21(23)24/h1-9H,(H,20,22). The maximum Gasteiger partial charge on any atom is 0.292 e. The van der Waals surface area contributed by atoms with Gasteiger partial charge in [0.25, 0.3) is 11.6 Å². The number of nitrogens with zero attached hydrogens (tertiary/aromatic N) is 1. The Hall–Kier alpha value is -2.83. The van der Waals surface area contributed by atoms with Gasteiger partial charge in [-0.15, -0.1) is 0 Å². The number of benzene rings is 2. The third kappa shape index (κ3) is 3.50. The van der Waals surface area contributed by atoms with Gasteiger partial charge in [0.1, 0.15) is 11.4 Å². The first-order valence-corrected chi connectivity index (χ1v) is 7.82. The lowest BCUT2D eigenvalue weighted by molar-refractivity contribution is -0.383. The first-order valence-electron chi connectivity index (χ1n) is 7.06. The summed E-state index contributed by atoms with van der Waals surface area (Å²) in [6.45, 7) is 0. The highest BCUT2D eigenvalue weighted by Gasteiger charge is 2.19. The van der Waals surface area contributed by atoms with Crippen LogP contribution in [0.25, 0.3) is 11.3 Å². The number of nitro benzene ring substituents is 1. The second-order valence-corrected chi connectivity index (χ2v) is 5.78. The van der Waals surface area contributed by atoms with Crippen LogP contribution in [0, 0.1) is 10.1 Å². The first kappa shape index (κ1) is 17.0. The monoisotopic (exact) mass is 376 g/mol. The van der Waals surface area contributed by atoms with Crippen molar-refractivity contribution in [3.63, 3.8) is 0 Å². The zero-order valence-corrected chi connectivity index (χ0v) is 14.0. The highest BCUT2D eigenvalue weighted by atomic mass is 35.5. The van der Waals surface area contributed by atoms with Crippen molar-refractivity contribution < 1.29 is 14.1 Å². The molecule has 3 aromatic rings. The van der Waals surface area contributed by atoms with Crippen molar-refractivity contribution >= 4 is 40.5 Å². The Morgan fingerprint density at radius 1 is 1.04 bits per heavy atom. The molecular formula is C17H10Cl2N2O4. The van der Waals surface area contributed by atoms with Crippen LogP contribution in [-0.2, 0) is 0 Å². The van der Waals surface area contributed by atoms with Gasteiger partial charge in [-0.25, -0.2) is 0 Å². The molecule has 0 bridgehead atoms. The molecule has 0 unspecified atom stereocenters.